The van der Waals surface area contributed by atoms with Gasteiger partial charge in [0.25, 0.3) is 0 Å². The number of para-hydroxylation sites is 2. The zero-order valence-electron chi connectivity index (χ0n) is 18.4. The van der Waals surface area contributed by atoms with E-state index in [9.17, 15) is 4.79 Å². The van der Waals surface area contributed by atoms with E-state index < -0.39 is 0 Å². The van der Waals surface area contributed by atoms with Crippen molar-refractivity contribution >= 4 is 29.5 Å². The smallest absolute Gasteiger partial charge is 0.244 e. The van der Waals surface area contributed by atoms with Gasteiger partial charge in [0.1, 0.15) is 6.54 Å². The molecule has 3 aromatic carbocycles. The summed E-state index contributed by atoms with van der Waals surface area (Å²) in [6.07, 6.45) is 1.05. The minimum Gasteiger partial charge on any atom is -0.367 e. The molecule has 0 atom stereocenters. The molecule has 1 amide bonds. The van der Waals surface area contributed by atoms with Gasteiger partial charge in [0, 0.05) is 30.0 Å². The average molecular weight is 456 g/mol. The first-order valence-corrected chi connectivity index (χ1v) is 11.4. The van der Waals surface area contributed by atoms with E-state index in [1.165, 1.54) is 11.3 Å². The molecule has 0 bridgehead atoms. The van der Waals surface area contributed by atoms with Gasteiger partial charge in [-0.15, -0.1) is 0 Å². The Balaban J connectivity index is 1.34. The Morgan fingerprint density at radius 1 is 1.06 bits per heavy atom. The summed E-state index contributed by atoms with van der Waals surface area (Å²) in [7, 11) is 0. The van der Waals surface area contributed by atoms with Crippen molar-refractivity contribution in [2.75, 3.05) is 16.8 Å². The van der Waals surface area contributed by atoms with Crippen molar-refractivity contribution in [1.29, 1.82) is 0 Å². The lowest BCUT2D eigenvalue weighted by Gasteiger charge is -2.21. The maximum Gasteiger partial charge on any atom is 0.244 e. The number of aromatic amines is 1. The number of benzene rings is 3. The highest BCUT2D eigenvalue weighted by molar-refractivity contribution is 7.71. The number of aromatic nitrogens is 3. The number of H-pyrrole nitrogens is 1. The molecular weight excluding hydrogens is 430 g/mol. The van der Waals surface area contributed by atoms with Crippen LogP contribution < -0.4 is 10.2 Å². The second kappa shape index (κ2) is 9.03. The number of hydrogen-bond acceptors (Lipinski definition) is 4. The summed E-state index contributed by atoms with van der Waals surface area (Å²) in [6, 6.07) is 24.5. The molecule has 6 nitrogen and oxygen atoms in total. The van der Waals surface area contributed by atoms with Gasteiger partial charge >= 0.3 is 0 Å². The molecule has 166 valence electrons. The van der Waals surface area contributed by atoms with Crippen LogP contribution in [0.3, 0.4) is 0 Å². The van der Waals surface area contributed by atoms with E-state index in [2.05, 4.69) is 50.7 Å². The Kier molecular flexibility index (Phi) is 5.79. The summed E-state index contributed by atoms with van der Waals surface area (Å²) in [4.78, 5) is 15.4. The Labute approximate surface area is 197 Å². The molecule has 7 heteroatoms. The van der Waals surface area contributed by atoms with Gasteiger partial charge in [-0.3, -0.25) is 14.5 Å². The largest absolute Gasteiger partial charge is 0.367 e. The van der Waals surface area contributed by atoms with Crippen LogP contribution in [0.2, 0.25) is 0 Å². The number of hydrogen-bond donors (Lipinski definition) is 2. The van der Waals surface area contributed by atoms with E-state index in [1.807, 2.05) is 49.4 Å². The number of aryl methyl sites for hydroxylation is 1. The van der Waals surface area contributed by atoms with E-state index in [-0.39, 0.29) is 12.5 Å². The second-order valence-corrected chi connectivity index (χ2v) is 8.70. The van der Waals surface area contributed by atoms with Crippen LogP contribution in [0.5, 0.6) is 0 Å². The monoisotopic (exact) mass is 455 g/mol. The van der Waals surface area contributed by atoms with Gasteiger partial charge in [-0.1, -0.05) is 66.2 Å². The predicted octanol–water partition coefficient (Wildman–Crippen LogP) is 5.12. The molecule has 0 saturated carbocycles. The molecule has 0 aliphatic carbocycles. The van der Waals surface area contributed by atoms with Gasteiger partial charge in [-0.05, 0) is 48.8 Å². The van der Waals surface area contributed by atoms with Crippen molar-refractivity contribution in [2.45, 2.75) is 26.4 Å². The van der Waals surface area contributed by atoms with Crippen molar-refractivity contribution < 1.29 is 4.79 Å². The van der Waals surface area contributed by atoms with Crippen LogP contribution in [0, 0.1) is 11.7 Å². The summed E-state index contributed by atoms with van der Waals surface area (Å²) in [5.74, 6) is 0.507. The molecule has 2 heterocycles. The normalized spacial score (nSPS) is 12.6. The summed E-state index contributed by atoms with van der Waals surface area (Å²) < 4.78 is 2.15. The number of carbonyl (C=O) groups excluding carboxylic acids is 1. The first-order valence-electron chi connectivity index (χ1n) is 11.0. The minimum atomic E-state index is -0.143. The van der Waals surface area contributed by atoms with Crippen molar-refractivity contribution in [3.63, 3.8) is 0 Å². The quantitative estimate of drug-likeness (QED) is 0.396. The summed E-state index contributed by atoms with van der Waals surface area (Å²) in [5.41, 5.74) is 6.61. The molecule has 1 aliphatic rings. The van der Waals surface area contributed by atoms with Gasteiger partial charge in [0.05, 0.1) is 0 Å². The fourth-order valence-electron chi connectivity index (χ4n) is 4.28. The molecule has 1 aromatic heterocycles. The topological polar surface area (TPSA) is 66.0 Å². The first kappa shape index (κ1) is 21.2. The van der Waals surface area contributed by atoms with E-state index in [0.717, 1.165) is 41.9 Å². The summed E-state index contributed by atoms with van der Waals surface area (Å²) in [5, 5.41) is 10.2. The van der Waals surface area contributed by atoms with Crippen LogP contribution in [-0.4, -0.2) is 27.2 Å². The zero-order chi connectivity index (χ0) is 22.8. The third kappa shape index (κ3) is 4.45. The van der Waals surface area contributed by atoms with Crippen LogP contribution in [-0.2, 0) is 24.3 Å². The Hall–Kier alpha value is -3.71. The van der Waals surface area contributed by atoms with Crippen molar-refractivity contribution in [3.8, 4) is 11.4 Å². The lowest BCUT2D eigenvalue weighted by Crippen LogP contribution is -2.23. The van der Waals surface area contributed by atoms with Crippen LogP contribution in [0.25, 0.3) is 11.4 Å². The molecule has 0 saturated heterocycles. The number of anilines is 2. The zero-order valence-corrected chi connectivity index (χ0v) is 19.2. The molecule has 5 rings (SSSR count). The Morgan fingerprint density at radius 2 is 1.82 bits per heavy atom. The summed E-state index contributed by atoms with van der Waals surface area (Å²) in [6.45, 7) is 3.84. The number of rotatable bonds is 6. The summed E-state index contributed by atoms with van der Waals surface area (Å²) >= 11 is 5.40. The highest BCUT2D eigenvalue weighted by Gasteiger charge is 2.20. The van der Waals surface area contributed by atoms with Gasteiger partial charge in [0.2, 0.25) is 5.91 Å². The molecule has 4 aromatic rings. The maximum absolute atomic E-state index is 13.0. The Bertz CT molecular complexity index is 1360. The van der Waals surface area contributed by atoms with Crippen LogP contribution in [0.15, 0.2) is 72.8 Å². The predicted molar refractivity (Wildman–Crippen MR) is 134 cm³/mol. The number of fused-ring (bicyclic) bond motifs is 1. The van der Waals surface area contributed by atoms with E-state index in [1.54, 1.807) is 4.57 Å². The molecule has 2 N–H and O–H groups in total. The van der Waals surface area contributed by atoms with Crippen molar-refractivity contribution in [3.05, 3.63) is 94.3 Å². The van der Waals surface area contributed by atoms with Gasteiger partial charge < -0.3 is 10.2 Å². The number of amides is 1. The fourth-order valence-corrected chi connectivity index (χ4v) is 4.47. The molecule has 33 heavy (non-hydrogen) atoms. The van der Waals surface area contributed by atoms with Gasteiger partial charge in [0.15, 0.2) is 10.6 Å². The lowest BCUT2D eigenvalue weighted by molar-refractivity contribution is -0.116. The SMILES string of the molecule is Cc1ccc(-c2n[nH]c(=S)n2CC(=O)Nc2ccccc2CN2CCc3ccccc32)cc1. The molecule has 0 fully saturated rings. The van der Waals surface area contributed by atoms with E-state index >= 15 is 0 Å². The maximum atomic E-state index is 13.0. The third-order valence-corrected chi connectivity index (χ3v) is 6.32. The standard InChI is InChI=1S/C26H25N5OS/c1-18-10-12-20(13-11-18)25-28-29-26(33)31(25)17-24(32)27-22-8-4-2-7-21(22)16-30-15-14-19-6-3-5-9-23(19)30/h2-13H,14-17H2,1H3,(H,27,32)(H,29,33). The van der Waals surface area contributed by atoms with Crippen LogP contribution in [0.1, 0.15) is 16.7 Å². The van der Waals surface area contributed by atoms with Crippen LogP contribution >= 0.6 is 12.2 Å². The fraction of sp³-hybridized carbons (Fsp3) is 0.192. The van der Waals surface area contributed by atoms with E-state index in [4.69, 9.17) is 12.2 Å². The van der Waals surface area contributed by atoms with Gasteiger partial charge in [-0.25, -0.2) is 0 Å². The number of nitrogens with one attached hydrogen (secondary N) is 2. The molecule has 0 spiro atoms. The highest BCUT2D eigenvalue weighted by Crippen LogP contribution is 2.30. The van der Waals surface area contributed by atoms with E-state index in [0.29, 0.717) is 10.6 Å². The first-order chi connectivity index (χ1) is 16.1. The second-order valence-electron chi connectivity index (χ2n) is 8.31. The molecular formula is C26H25N5OS. The number of nitrogens with zero attached hydrogens (tertiary/aromatic N) is 3. The minimum absolute atomic E-state index is 0.0828. The lowest BCUT2D eigenvalue weighted by atomic mass is 10.1. The molecule has 0 radical (unpaired) electrons. The molecule has 1 aliphatic heterocycles. The number of carbonyl (C=O) groups is 1. The molecule has 0 unspecified atom stereocenters. The van der Waals surface area contributed by atoms with Gasteiger partial charge in [-0.2, -0.15) is 5.10 Å². The highest BCUT2D eigenvalue weighted by atomic mass is 32.1. The van der Waals surface area contributed by atoms with Crippen molar-refractivity contribution in [1.82, 2.24) is 14.8 Å². The van der Waals surface area contributed by atoms with Crippen molar-refractivity contribution in [2.24, 2.45) is 0 Å². The third-order valence-electron chi connectivity index (χ3n) is 6.01. The Morgan fingerprint density at radius 3 is 2.67 bits per heavy atom. The van der Waals surface area contributed by atoms with Crippen LogP contribution in [0.4, 0.5) is 11.4 Å². The average Bonchev–Trinajstić information content (AvgIpc) is 3.39.